The van der Waals surface area contributed by atoms with Crippen LogP contribution in [0.2, 0.25) is 0 Å². The minimum absolute atomic E-state index is 0.00355. The highest BCUT2D eigenvalue weighted by Gasteiger charge is 2.37. The summed E-state index contributed by atoms with van der Waals surface area (Å²) in [5, 5.41) is 2.67. The summed E-state index contributed by atoms with van der Waals surface area (Å²) < 4.78 is 32.3. The third-order valence-corrected chi connectivity index (χ3v) is 6.46. The lowest BCUT2D eigenvalue weighted by atomic mass is 9.85. The Kier molecular flexibility index (Phi) is 8.58. The first-order valence-electron chi connectivity index (χ1n) is 12.1. The van der Waals surface area contributed by atoms with Crippen molar-refractivity contribution in [3.8, 4) is 28.7 Å². The molecule has 9 heteroatoms. The Hall–Kier alpha value is -4.40. The van der Waals surface area contributed by atoms with Crippen molar-refractivity contribution in [1.29, 1.82) is 0 Å². The van der Waals surface area contributed by atoms with E-state index in [4.69, 9.17) is 28.4 Å². The molecule has 1 aliphatic heterocycles. The number of amides is 1. The lowest BCUT2D eigenvalue weighted by molar-refractivity contribution is -0.141. The lowest BCUT2D eigenvalue weighted by Crippen LogP contribution is -2.21. The van der Waals surface area contributed by atoms with Gasteiger partial charge in [0.15, 0.2) is 23.0 Å². The Labute approximate surface area is 221 Å². The zero-order valence-electron chi connectivity index (χ0n) is 21.8. The average molecular weight is 522 g/mol. The molecule has 0 saturated carbocycles. The van der Waals surface area contributed by atoms with E-state index in [1.165, 1.54) is 7.11 Å². The highest BCUT2D eigenvalue weighted by atomic mass is 16.6. The third kappa shape index (κ3) is 6.29. The number of carbonyl (C=O) groups excluding carboxylic acids is 2. The molecule has 1 aliphatic rings. The van der Waals surface area contributed by atoms with Crippen molar-refractivity contribution in [3.63, 3.8) is 0 Å². The fourth-order valence-corrected chi connectivity index (χ4v) is 4.49. The van der Waals surface area contributed by atoms with Gasteiger partial charge < -0.3 is 28.4 Å². The number of ether oxygens (including phenoxy) is 6. The minimum Gasteiger partial charge on any atom is -0.497 e. The second-order valence-corrected chi connectivity index (χ2v) is 8.83. The van der Waals surface area contributed by atoms with Gasteiger partial charge in [-0.3, -0.25) is 10.1 Å². The number of hydrogen-bond acceptors (Lipinski definition) is 8. The fourth-order valence-electron chi connectivity index (χ4n) is 4.49. The normalized spacial score (nSPS) is 16.4. The summed E-state index contributed by atoms with van der Waals surface area (Å²) in [7, 11) is 6.23. The summed E-state index contributed by atoms with van der Waals surface area (Å²) in [6.07, 6.45) is 0.446. The first-order valence-corrected chi connectivity index (χ1v) is 12.1. The highest BCUT2D eigenvalue weighted by Crippen LogP contribution is 2.35. The van der Waals surface area contributed by atoms with Gasteiger partial charge in [-0.25, -0.2) is 4.79 Å². The largest absolute Gasteiger partial charge is 0.497 e. The minimum atomic E-state index is -0.668. The molecule has 0 unspecified atom stereocenters. The van der Waals surface area contributed by atoms with Crippen LogP contribution in [0, 0.1) is 11.8 Å². The molecule has 1 fully saturated rings. The Balaban J connectivity index is 1.43. The molecule has 2 atom stereocenters. The third-order valence-electron chi connectivity index (χ3n) is 6.46. The number of rotatable bonds is 10. The molecule has 1 saturated heterocycles. The predicted molar refractivity (Wildman–Crippen MR) is 141 cm³/mol. The molecule has 0 radical (unpaired) electrons. The predicted octanol–water partition coefficient (Wildman–Crippen LogP) is 4.91. The Morgan fingerprint density at radius 3 is 2.16 bits per heavy atom. The molecule has 38 heavy (non-hydrogen) atoms. The molecule has 3 aromatic carbocycles. The molecule has 0 bridgehead atoms. The average Bonchev–Trinajstić information content (AvgIpc) is 3.27. The van der Waals surface area contributed by atoms with Gasteiger partial charge in [0.05, 0.1) is 41.0 Å². The topological polar surface area (TPSA) is 102 Å². The molecule has 1 amide bonds. The summed E-state index contributed by atoms with van der Waals surface area (Å²) in [5.41, 5.74) is 2.42. The maximum atomic E-state index is 12.6. The SMILES string of the molecule is COc1cccc(NC(=O)Oc2ccc(C[C@H]3C(=O)OC[C@@H]3Cc3ccc(OC)c(OC)c3)cc2OC)c1. The van der Waals surface area contributed by atoms with Gasteiger partial charge in [0.2, 0.25) is 0 Å². The van der Waals surface area contributed by atoms with Crippen molar-refractivity contribution in [2.75, 3.05) is 40.4 Å². The van der Waals surface area contributed by atoms with Crippen molar-refractivity contribution in [1.82, 2.24) is 0 Å². The Morgan fingerprint density at radius 2 is 1.47 bits per heavy atom. The molecule has 0 aromatic heterocycles. The van der Waals surface area contributed by atoms with E-state index in [1.54, 1.807) is 57.7 Å². The van der Waals surface area contributed by atoms with Crippen LogP contribution in [0.3, 0.4) is 0 Å². The van der Waals surface area contributed by atoms with Gasteiger partial charge in [-0.05, 0) is 60.4 Å². The quantitative estimate of drug-likeness (QED) is 0.376. The molecule has 9 nitrogen and oxygen atoms in total. The number of nitrogens with one attached hydrogen (secondary N) is 1. The van der Waals surface area contributed by atoms with Crippen molar-refractivity contribution < 1.29 is 38.0 Å². The maximum absolute atomic E-state index is 12.6. The second kappa shape index (κ2) is 12.2. The van der Waals surface area contributed by atoms with E-state index < -0.39 is 6.09 Å². The van der Waals surface area contributed by atoms with Crippen LogP contribution in [0.1, 0.15) is 11.1 Å². The standard InChI is InChI=1S/C29H31NO8/c1-33-22-7-5-6-21(16-22)30-29(32)38-25-11-9-19(15-27(25)36-4)13-23-20(17-37-28(23)31)12-18-8-10-24(34-2)26(14-18)35-3/h5-11,14-16,20,23H,12-13,17H2,1-4H3,(H,30,32)/t20-,23+/m0/s1. The van der Waals surface area contributed by atoms with Crippen LogP contribution < -0.4 is 29.0 Å². The van der Waals surface area contributed by atoms with Gasteiger partial charge in [0, 0.05) is 17.7 Å². The summed E-state index contributed by atoms with van der Waals surface area (Å²) in [6.45, 7) is 0.348. The fraction of sp³-hybridized carbons (Fsp3) is 0.310. The van der Waals surface area contributed by atoms with E-state index in [2.05, 4.69) is 5.32 Å². The van der Waals surface area contributed by atoms with Crippen molar-refractivity contribution in [3.05, 3.63) is 71.8 Å². The van der Waals surface area contributed by atoms with E-state index in [0.29, 0.717) is 48.1 Å². The van der Waals surface area contributed by atoms with Gasteiger partial charge in [-0.2, -0.15) is 0 Å². The number of cyclic esters (lactones) is 1. The van der Waals surface area contributed by atoms with Crippen LogP contribution in [-0.4, -0.2) is 47.1 Å². The van der Waals surface area contributed by atoms with Crippen LogP contribution >= 0.6 is 0 Å². The van der Waals surface area contributed by atoms with Crippen LogP contribution in [0.25, 0.3) is 0 Å². The van der Waals surface area contributed by atoms with Gasteiger partial charge in [-0.15, -0.1) is 0 Å². The summed E-state index contributed by atoms with van der Waals surface area (Å²) in [5.74, 6) is 1.98. The number of esters is 1. The zero-order chi connectivity index (χ0) is 27.1. The second-order valence-electron chi connectivity index (χ2n) is 8.83. The Morgan fingerprint density at radius 1 is 0.816 bits per heavy atom. The van der Waals surface area contributed by atoms with Gasteiger partial charge in [0.1, 0.15) is 5.75 Å². The molecule has 1 N–H and O–H groups in total. The molecular weight excluding hydrogens is 490 g/mol. The molecule has 4 rings (SSSR count). The number of benzene rings is 3. The van der Waals surface area contributed by atoms with E-state index in [9.17, 15) is 9.59 Å². The number of hydrogen-bond donors (Lipinski definition) is 1. The number of carbonyl (C=O) groups is 2. The van der Waals surface area contributed by atoms with Gasteiger partial charge in [-0.1, -0.05) is 18.2 Å². The highest BCUT2D eigenvalue weighted by molar-refractivity contribution is 5.87. The monoisotopic (exact) mass is 521 g/mol. The van der Waals surface area contributed by atoms with E-state index in [-0.39, 0.29) is 23.6 Å². The van der Waals surface area contributed by atoms with Crippen LogP contribution in [-0.2, 0) is 22.4 Å². The lowest BCUT2D eigenvalue weighted by Gasteiger charge is -2.17. The maximum Gasteiger partial charge on any atom is 0.417 e. The van der Waals surface area contributed by atoms with Crippen molar-refractivity contribution >= 4 is 17.7 Å². The van der Waals surface area contributed by atoms with Gasteiger partial charge >= 0.3 is 12.1 Å². The first kappa shape index (κ1) is 26.7. The van der Waals surface area contributed by atoms with Crippen molar-refractivity contribution in [2.45, 2.75) is 12.8 Å². The van der Waals surface area contributed by atoms with Gasteiger partial charge in [0.25, 0.3) is 0 Å². The molecule has 0 aliphatic carbocycles. The smallest absolute Gasteiger partial charge is 0.417 e. The van der Waals surface area contributed by atoms with E-state index in [1.807, 2.05) is 24.3 Å². The van der Waals surface area contributed by atoms with E-state index in [0.717, 1.165) is 11.1 Å². The number of methoxy groups -OCH3 is 4. The molecule has 200 valence electrons. The summed E-state index contributed by atoms with van der Waals surface area (Å²) >= 11 is 0. The van der Waals surface area contributed by atoms with Crippen LogP contribution in [0.4, 0.5) is 10.5 Å². The molecular formula is C29H31NO8. The molecule has 1 heterocycles. The van der Waals surface area contributed by atoms with Crippen LogP contribution in [0.15, 0.2) is 60.7 Å². The van der Waals surface area contributed by atoms with E-state index >= 15 is 0 Å². The zero-order valence-corrected chi connectivity index (χ0v) is 21.8. The Bertz CT molecular complexity index is 1290. The van der Waals surface area contributed by atoms with Crippen molar-refractivity contribution in [2.24, 2.45) is 11.8 Å². The number of anilines is 1. The summed E-state index contributed by atoms with van der Waals surface area (Å²) in [6, 6.07) is 17.9. The van der Waals surface area contributed by atoms with Crippen LogP contribution in [0.5, 0.6) is 28.7 Å². The first-order chi connectivity index (χ1) is 18.4. The summed E-state index contributed by atoms with van der Waals surface area (Å²) in [4.78, 5) is 25.1. The molecule has 0 spiro atoms. The molecule has 3 aromatic rings.